The Morgan fingerprint density at radius 2 is 2.13 bits per heavy atom. The van der Waals surface area contributed by atoms with Gasteiger partial charge in [0.05, 0.1) is 12.4 Å². The number of rotatable bonds is 3. The van der Waals surface area contributed by atoms with E-state index in [0.717, 1.165) is 38.7 Å². The average molecular weight is 316 g/mol. The van der Waals surface area contributed by atoms with Gasteiger partial charge in [-0.1, -0.05) is 0 Å². The van der Waals surface area contributed by atoms with Crippen LogP contribution in [0.3, 0.4) is 0 Å². The van der Waals surface area contributed by atoms with E-state index in [1.165, 1.54) is 18.5 Å². The Kier molecular flexibility index (Phi) is 3.57. The van der Waals surface area contributed by atoms with Gasteiger partial charge in [-0.3, -0.25) is 9.78 Å². The van der Waals surface area contributed by atoms with Gasteiger partial charge in [0.1, 0.15) is 5.82 Å². The van der Waals surface area contributed by atoms with Crippen LogP contribution >= 0.6 is 0 Å². The third-order valence-electron chi connectivity index (χ3n) is 4.66. The van der Waals surface area contributed by atoms with Crippen molar-refractivity contribution in [2.45, 2.75) is 18.9 Å². The van der Waals surface area contributed by atoms with Gasteiger partial charge >= 0.3 is 5.91 Å². The fourth-order valence-electron chi connectivity index (χ4n) is 3.42. The molecule has 6 nitrogen and oxygen atoms in total. The Morgan fingerprint density at radius 3 is 2.83 bits per heavy atom. The fraction of sp³-hybridized carbons (Fsp3) is 0.438. The summed E-state index contributed by atoms with van der Waals surface area (Å²) in [5.74, 6) is 0.0825. The zero-order valence-electron chi connectivity index (χ0n) is 12.5. The maximum absolute atomic E-state index is 13.2. The van der Waals surface area contributed by atoms with Crippen LogP contribution in [0.2, 0.25) is 0 Å². The first-order valence-corrected chi connectivity index (χ1v) is 7.79. The molecule has 2 bridgehead atoms. The molecule has 3 aliphatic heterocycles. The number of nitrogens with one attached hydrogen (secondary N) is 1. The fourth-order valence-corrected chi connectivity index (χ4v) is 3.42. The van der Waals surface area contributed by atoms with Crippen LogP contribution in [-0.2, 0) is 0 Å². The van der Waals surface area contributed by atoms with Gasteiger partial charge in [-0.15, -0.1) is 0 Å². The van der Waals surface area contributed by atoms with Crippen molar-refractivity contribution in [3.8, 4) is 11.3 Å². The van der Waals surface area contributed by atoms with E-state index in [1.807, 2.05) is 0 Å². The number of pyridine rings is 1. The minimum atomic E-state index is -0.461. The zero-order chi connectivity index (χ0) is 15.8. The normalized spacial score (nSPS) is 26.2. The van der Waals surface area contributed by atoms with Crippen molar-refractivity contribution < 1.29 is 13.6 Å². The molecule has 2 aromatic rings. The Balaban J connectivity index is 1.47. The van der Waals surface area contributed by atoms with E-state index < -0.39 is 5.82 Å². The molecule has 0 aromatic carbocycles. The molecular formula is C16H17FN4O2. The summed E-state index contributed by atoms with van der Waals surface area (Å²) in [6, 6.07) is 1.44. The van der Waals surface area contributed by atoms with Crippen LogP contribution in [-0.4, -0.2) is 46.5 Å². The second-order valence-corrected chi connectivity index (χ2v) is 6.14. The van der Waals surface area contributed by atoms with Gasteiger partial charge in [-0.2, -0.15) is 0 Å². The molecule has 1 amide bonds. The second kappa shape index (κ2) is 5.73. The van der Waals surface area contributed by atoms with Gasteiger partial charge in [0.2, 0.25) is 0 Å². The van der Waals surface area contributed by atoms with Crippen LogP contribution in [0.15, 0.2) is 29.1 Å². The molecule has 0 aliphatic carbocycles. The monoisotopic (exact) mass is 316 g/mol. The lowest BCUT2D eigenvalue weighted by Gasteiger charge is -2.44. The Hall–Kier alpha value is -2.28. The van der Waals surface area contributed by atoms with E-state index in [1.54, 1.807) is 0 Å². The first kappa shape index (κ1) is 14.3. The van der Waals surface area contributed by atoms with E-state index in [-0.39, 0.29) is 17.8 Å². The lowest BCUT2D eigenvalue weighted by atomic mass is 9.84. The molecular weight excluding hydrogens is 299 g/mol. The molecule has 5 heterocycles. The van der Waals surface area contributed by atoms with Crippen LogP contribution in [0, 0.1) is 11.7 Å². The number of oxazole rings is 1. The standard InChI is InChI=1S/C16H17FN4O2/c17-12-5-11(6-18-7-12)14-8-19-16(23-14)15(22)20-13-9-21-3-1-10(13)2-4-21/h5-8,10,13H,1-4,9H2,(H,20,22)/t13-/m0/s1. The van der Waals surface area contributed by atoms with Crippen molar-refractivity contribution >= 4 is 5.91 Å². The van der Waals surface area contributed by atoms with Gasteiger partial charge in [-0.25, -0.2) is 9.37 Å². The molecule has 3 saturated heterocycles. The van der Waals surface area contributed by atoms with Crippen LogP contribution in [0.25, 0.3) is 11.3 Å². The summed E-state index contributed by atoms with van der Waals surface area (Å²) in [7, 11) is 0. The highest BCUT2D eigenvalue weighted by Crippen LogP contribution is 2.28. The lowest BCUT2D eigenvalue weighted by molar-refractivity contribution is 0.0602. The lowest BCUT2D eigenvalue weighted by Crippen LogP contribution is -2.57. The minimum Gasteiger partial charge on any atom is -0.432 e. The molecule has 3 aliphatic rings. The van der Waals surface area contributed by atoms with E-state index in [9.17, 15) is 9.18 Å². The zero-order valence-corrected chi connectivity index (χ0v) is 12.5. The molecule has 7 heteroatoms. The molecule has 120 valence electrons. The second-order valence-electron chi connectivity index (χ2n) is 6.14. The largest absolute Gasteiger partial charge is 0.432 e. The topological polar surface area (TPSA) is 71.3 Å². The van der Waals surface area contributed by atoms with Crippen molar-refractivity contribution in [1.82, 2.24) is 20.2 Å². The van der Waals surface area contributed by atoms with Crippen LogP contribution in [0.4, 0.5) is 4.39 Å². The SMILES string of the molecule is O=C(N[C@H]1CN2CCC1CC2)c1ncc(-c2cncc(F)c2)o1. The molecule has 1 atom stereocenters. The molecule has 1 N–H and O–H groups in total. The minimum absolute atomic E-state index is 0.000656. The predicted molar refractivity (Wildman–Crippen MR) is 80.1 cm³/mol. The number of nitrogens with zero attached hydrogens (tertiary/aromatic N) is 3. The summed E-state index contributed by atoms with van der Waals surface area (Å²) in [5.41, 5.74) is 0.458. The highest BCUT2D eigenvalue weighted by atomic mass is 19.1. The van der Waals surface area contributed by atoms with Gasteiger partial charge in [0, 0.05) is 24.3 Å². The van der Waals surface area contributed by atoms with Crippen LogP contribution in [0.5, 0.6) is 0 Å². The van der Waals surface area contributed by atoms with E-state index in [2.05, 4.69) is 20.2 Å². The smallest absolute Gasteiger partial charge is 0.307 e. The summed E-state index contributed by atoms with van der Waals surface area (Å²) >= 11 is 0. The maximum Gasteiger partial charge on any atom is 0.307 e. The van der Waals surface area contributed by atoms with Crippen molar-refractivity contribution in [2.24, 2.45) is 5.92 Å². The first-order valence-electron chi connectivity index (χ1n) is 7.79. The van der Waals surface area contributed by atoms with Crippen molar-refractivity contribution in [2.75, 3.05) is 19.6 Å². The van der Waals surface area contributed by atoms with Crippen molar-refractivity contribution in [3.05, 3.63) is 36.4 Å². The number of carbonyl (C=O) groups excluding carboxylic acids is 1. The highest BCUT2D eigenvalue weighted by Gasteiger charge is 2.35. The summed E-state index contributed by atoms with van der Waals surface area (Å²) < 4.78 is 18.7. The molecule has 0 spiro atoms. The molecule has 0 saturated carbocycles. The number of hydrogen-bond acceptors (Lipinski definition) is 5. The number of halogens is 1. The Bertz CT molecular complexity index is 724. The third kappa shape index (κ3) is 2.84. The van der Waals surface area contributed by atoms with Gasteiger partial charge in [0.15, 0.2) is 5.76 Å². The summed E-state index contributed by atoms with van der Waals surface area (Å²) in [4.78, 5) is 22.5. The van der Waals surface area contributed by atoms with E-state index >= 15 is 0 Å². The highest BCUT2D eigenvalue weighted by molar-refractivity contribution is 5.90. The van der Waals surface area contributed by atoms with Crippen molar-refractivity contribution in [3.63, 3.8) is 0 Å². The molecule has 2 aromatic heterocycles. The Labute approximate surface area is 132 Å². The average Bonchev–Trinajstić information content (AvgIpc) is 3.06. The molecule has 23 heavy (non-hydrogen) atoms. The number of fused-ring (bicyclic) bond motifs is 3. The van der Waals surface area contributed by atoms with Crippen molar-refractivity contribution in [1.29, 1.82) is 0 Å². The summed E-state index contributed by atoms with van der Waals surface area (Å²) in [5, 5.41) is 3.02. The van der Waals surface area contributed by atoms with Gasteiger partial charge in [0.25, 0.3) is 5.89 Å². The number of amides is 1. The van der Waals surface area contributed by atoms with Gasteiger partial charge < -0.3 is 14.6 Å². The quantitative estimate of drug-likeness (QED) is 0.933. The summed E-state index contributed by atoms with van der Waals surface area (Å²) in [6.07, 6.45) is 6.24. The number of aromatic nitrogens is 2. The van der Waals surface area contributed by atoms with E-state index in [0.29, 0.717) is 17.2 Å². The first-order chi connectivity index (χ1) is 11.2. The third-order valence-corrected chi connectivity index (χ3v) is 4.66. The van der Waals surface area contributed by atoms with Crippen LogP contribution < -0.4 is 5.32 Å². The number of carbonyl (C=O) groups is 1. The Morgan fingerprint density at radius 1 is 1.30 bits per heavy atom. The number of piperidine rings is 3. The van der Waals surface area contributed by atoms with E-state index in [4.69, 9.17) is 4.42 Å². The van der Waals surface area contributed by atoms with Gasteiger partial charge in [-0.05, 0) is 37.9 Å². The maximum atomic E-state index is 13.2. The summed E-state index contributed by atoms with van der Waals surface area (Å²) in [6.45, 7) is 3.12. The molecule has 0 unspecified atom stereocenters. The van der Waals surface area contributed by atoms with Crippen LogP contribution in [0.1, 0.15) is 23.5 Å². The molecule has 5 rings (SSSR count). The predicted octanol–water partition coefficient (Wildman–Crippen LogP) is 1.70. The molecule has 3 fully saturated rings. The number of hydrogen-bond donors (Lipinski definition) is 1. The molecule has 0 radical (unpaired) electrons.